The van der Waals surface area contributed by atoms with Crippen LogP contribution in [0.15, 0.2) is 18.3 Å². The number of hydrogen-bond donors (Lipinski definition) is 1. The zero-order valence-electron chi connectivity index (χ0n) is 13.9. The summed E-state index contributed by atoms with van der Waals surface area (Å²) in [7, 11) is -0.317. The van der Waals surface area contributed by atoms with Gasteiger partial charge in [-0.25, -0.2) is 9.37 Å². The third kappa shape index (κ3) is 4.43. The zero-order valence-corrected chi connectivity index (χ0v) is 13.9. The standard InChI is InChI=1S/C16H26BFN4O/c1-17(23)22-6-4-14(5-7-22)13-20-8-10-21(11-9-20)16-3-2-15(18)12-19-16/h2-3,12,14,23H,4-11,13H2,1H3. The van der Waals surface area contributed by atoms with Crippen molar-refractivity contribution in [2.75, 3.05) is 50.7 Å². The van der Waals surface area contributed by atoms with Crippen molar-refractivity contribution in [1.82, 2.24) is 14.7 Å². The Morgan fingerprint density at radius 1 is 1.17 bits per heavy atom. The Labute approximate surface area is 138 Å². The van der Waals surface area contributed by atoms with E-state index < -0.39 is 0 Å². The van der Waals surface area contributed by atoms with E-state index in [9.17, 15) is 9.41 Å². The first kappa shape index (κ1) is 16.7. The lowest BCUT2D eigenvalue weighted by Gasteiger charge is -2.39. The fourth-order valence-electron chi connectivity index (χ4n) is 3.59. The van der Waals surface area contributed by atoms with Crippen molar-refractivity contribution < 1.29 is 9.41 Å². The second-order valence-electron chi connectivity index (χ2n) is 6.73. The first-order valence-corrected chi connectivity index (χ1v) is 8.63. The number of halogens is 1. The molecule has 0 aliphatic carbocycles. The molecule has 7 heteroatoms. The summed E-state index contributed by atoms with van der Waals surface area (Å²) < 4.78 is 12.9. The summed E-state index contributed by atoms with van der Waals surface area (Å²) in [5, 5.41) is 9.62. The van der Waals surface area contributed by atoms with Gasteiger partial charge in [-0.1, -0.05) is 0 Å². The van der Waals surface area contributed by atoms with Crippen LogP contribution in [0.1, 0.15) is 12.8 Å². The largest absolute Gasteiger partial charge is 0.437 e. The van der Waals surface area contributed by atoms with E-state index in [1.807, 2.05) is 6.82 Å². The second-order valence-corrected chi connectivity index (χ2v) is 6.73. The lowest BCUT2D eigenvalue weighted by molar-refractivity contribution is 0.169. The quantitative estimate of drug-likeness (QED) is 0.844. The molecule has 2 aliphatic heterocycles. The molecule has 3 heterocycles. The summed E-state index contributed by atoms with van der Waals surface area (Å²) in [6.07, 6.45) is 3.63. The predicted octanol–water partition coefficient (Wildman–Crippen LogP) is 1.16. The summed E-state index contributed by atoms with van der Waals surface area (Å²) in [6.45, 7) is 8.98. The van der Waals surface area contributed by atoms with Crippen LogP contribution in [-0.4, -0.2) is 72.6 Å². The van der Waals surface area contributed by atoms with Crippen molar-refractivity contribution >= 4 is 12.9 Å². The Hall–Kier alpha value is -1.18. The number of piperidine rings is 1. The van der Waals surface area contributed by atoms with Crippen molar-refractivity contribution in [1.29, 1.82) is 0 Å². The molecular weight excluding hydrogens is 294 g/mol. The van der Waals surface area contributed by atoms with Crippen molar-refractivity contribution in [3.8, 4) is 0 Å². The number of anilines is 1. The Kier molecular flexibility index (Phi) is 5.51. The van der Waals surface area contributed by atoms with Crippen LogP contribution >= 0.6 is 0 Å². The maximum Gasteiger partial charge on any atom is 0.376 e. The molecule has 3 rings (SSSR count). The van der Waals surface area contributed by atoms with E-state index >= 15 is 0 Å². The summed E-state index contributed by atoms with van der Waals surface area (Å²) in [5.41, 5.74) is 0. The molecule has 1 N–H and O–H groups in total. The summed E-state index contributed by atoms with van der Waals surface area (Å²) >= 11 is 0. The first-order chi connectivity index (χ1) is 11.1. The molecule has 5 nitrogen and oxygen atoms in total. The highest BCUT2D eigenvalue weighted by atomic mass is 19.1. The van der Waals surface area contributed by atoms with Gasteiger partial charge in [0.25, 0.3) is 0 Å². The molecule has 126 valence electrons. The monoisotopic (exact) mass is 320 g/mol. The van der Waals surface area contributed by atoms with E-state index in [-0.39, 0.29) is 12.9 Å². The lowest BCUT2D eigenvalue weighted by Crippen LogP contribution is -2.50. The van der Waals surface area contributed by atoms with Crippen LogP contribution in [0.25, 0.3) is 0 Å². The van der Waals surface area contributed by atoms with Gasteiger partial charge in [0.05, 0.1) is 6.20 Å². The molecule has 0 aromatic carbocycles. The van der Waals surface area contributed by atoms with Gasteiger partial charge in [0, 0.05) is 32.7 Å². The summed E-state index contributed by atoms with van der Waals surface area (Å²) in [5.74, 6) is 1.33. The average molecular weight is 320 g/mol. The van der Waals surface area contributed by atoms with Crippen LogP contribution in [0.2, 0.25) is 6.82 Å². The van der Waals surface area contributed by atoms with E-state index in [1.54, 1.807) is 6.07 Å². The van der Waals surface area contributed by atoms with Gasteiger partial charge in [-0.05, 0) is 50.8 Å². The van der Waals surface area contributed by atoms with Gasteiger partial charge in [0.1, 0.15) is 11.6 Å². The minimum atomic E-state index is -0.317. The third-order valence-corrected chi connectivity index (χ3v) is 5.10. The van der Waals surface area contributed by atoms with Crippen LogP contribution in [0, 0.1) is 11.7 Å². The fourth-order valence-corrected chi connectivity index (χ4v) is 3.59. The Bertz CT molecular complexity index is 485. The predicted molar refractivity (Wildman–Crippen MR) is 91.0 cm³/mol. The van der Waals surface area contributed by atoms with E-state index in [1.165, 1.54) is 25.1 Å². The molecule has 0 amide bonds. The number of pyridine rings is 1. The molecule has 1 aromatic rings. The molecular formula is C16H26BFN4O. The first-order valence-electron chi connectivity index (χ1n) is 8.63. The molecule has 23 heavy (non-hydrogen) atoms. The maximum atomic E-state index is 12.9. The molecule has 0 radical (unpaired) electrons. The lowest BCUT2D eigenvalue weighted by atomic mass is 9.81. The Morgan fingerprint density at radius 2 is 1.87 bits per heavy atom. The molecule has 0 saturated carbocycles. The van der Waals surface area contributed by atoms with E-state index in [0.717, 1.165) is 57.5 Å². The topological polar surface area (TPSA) is 42.8 Å². The van der Waals surface area contributed by atoms with Gasteiger partial charge in [0.2, 0.25) is 0 Å². The van der Waals surface area contributed by atoms with E-state index in [4.69, 9.17) is 0 Å². The number of nitrogens with zero attached hydrogens (tertiary/aromatic N) is 4. The second kappa shape index (κ2) is 7.60. The van der Waals surface area contributed by atoms with Crippen molar-refractivity contribution in [2.24, 2.45) is 5.92 Å². The van der Waals surface area contributed by atoms with Crippen LogP contribution in [0.5, 0.6) is 0 Å². The van der Waals surface area contributed by atoms with Gasteiger partial charge in [0.15, 0.2) is 0 Å². The fraction of sp³-hybridized carbons (Fsp3) is 0.688. The molecule has 0 bridgehead atoms. The molecule has 1 aromatic heterocycles. The summed E-state index contributed by atoms with van der Waals surface area (Å²) in [4.78, 5) is 11.1. The highest BCUT2D eigenvalue weighted by Gasteiger charge is 2.26. The Balaban J connectivity index is 1.42. The van der Waals surface area contributed by atoms with Crippen molar-refractivity contribution in [3.63, 3.8) is 0 Å². The molecule has 0 atom stereocenters. The van der Waals surface area contributed by atoms with Crippen molar-refractivity contribution in [3.05, 3.63) is 24.1 Å². The smallest absolute Gasteiger partial charge is 0.376 e. The average Bonchev–Trinajstić information content (AvgIpc) is 2.57. The van der Waals surface area contributed by atoms with Gasteiger partial charge in [-0.3, -0.25) is 4.90 Å². The van der Waals surface area contributed by atoms with Gasteiger partial charge >= 0.3 is 7.05 Å². The van der Waals surface area contributed by atoms with Crippen LogP contribution in [-0.2, 0) is 0 Å². The van der Waals surface area contributed by atoms with Crippen LogP contribution < -0.4 is 4.90 Å². The highest BCUT2D eigenvalue weighted by Crippen LogP contribution is 2.20. The van der Waals surface area contributed by atoms with E-state index in [2.05, 4.69) is 19.6 Å². The number of hydrogen-bond acceptors (Lipinski definition) is 5. The molecule has 2 aliphatic rings. The van der Waals surface area contributed by atoms with Crippen LogP contribution in [0.4, 0.5) is 10.2 Å². The normalized spacial score (nSPS) is 21.6. The van der Waals surface area contributed by atoms with Gasteiger partial charge in [-0.2, -0.15) is 0 Å². The third-order valence-electron chi connectivity index (χ3n) is 5.10. The van der Waals surface area contributed by atoms with Crippen LogP contribution in [0.3, 0.4) is 0 Å². The zero-order chi connectivity index (χ0) is 16.2. The minimum Gasteiger partial charge on any atom is -0.437 e. The number of rotatable bonds is 4. The maximum absolute atomic E-state index is 12.9. The minimum absolute atomic E-state index is 0.282. The van der Waals surface area contributed by atoms with Gasteiger partial charge in [-0.15, -0.1) is 0 Å². The number of piperazine rings is 1. The SMILES string of the molecule is CB(O)N1CCC(CN2CCN(c3ccc(F)cn3)CC2)CC1. The molecule has 2 fully saturated rings. The highest BCUT2D eigenvalue weighted by molar-refractivity contribution is 6.45. The van der Waals surface area contributed by atoms with E-state index in [0.29, 0.717) is 0 Å². The molecule has 0 unspecified atom stereocenters. The summed E-state index contributed by atoms with van der Waals surface area (Å²) in [6, 6.07) is 3.24. The molecule has 0 spiro atoms. The molecule has 2 saturated heterocycles. The Morgan fingerprint density at radius 3 is 2.43 bits per heavy atom. The van der Waals surface area contributed by atoms with Crippen molar-refractivity contribution in [2.45, 2.75) is 19.7 Å². The van der Waals surface area contributed by atoms with Gasteiger partial charge < -0.3 is 14.7 Å². The number of aromatic nitrogens is 1.